The van der Waals surface area contributed by atoms with Gasteiger partial charge in [0, 0.05) is 0 Å². The van der Waals surface area contributed by atoms with Crippen LogP contribution in [-0.4, -0.2) is 6.94 Å². The summed E-state index contributed by atoms with van der Waals surface area (Å²) >= 11 is -4.75. The third kappa shape index (κ3) is 3.93. The van der Waals surface area contributed by atoms with E-state index < -0.39 is 14.2 Å². The van der Waals surface area contributed by atoms with E-state index in [1.54, 1.807) is 0 Å². The van der Waals surface area contributed by atoms with Crippen LogP contribution in [0.2, 0.25) is 18.7 Å². The Morgan fingerprint density at radius 3 is 1.25 bits per heavy atom. The molecule has 0 radical (unpaired) electrons. The summed E-state index contributed by atoms with van der Waals surface area (Å²) in [4.78, 5) is 0. The Bertz CT molecular complexity index is 1800. The zero-order valence-corrected chi connectivity index (χ0v) is 30.6. The first-order chi connectivity index (χ1) is 18.5. The molecule has 204 valence electrons. The summed E-state index contributed by atoms with van der Waals surface area (Å²) in [5.41, 5.74) is 16.8. The molecule has 2 aliphatic rings. The number of hydrogen-bond donors (Lipinski definition) is 0. The average molecular weight is 707 g/mol. The zero-order valence-electron chi connectivity index (χ0n) is 25.6. The zero-order chi connectivity index (χ0) is 28.8. The fraction of sp³-hybridized carbons (Fsp3) is 0.263. The molecule has 2 atom stereocenters. The number of rotatable bonds is 4. The maximum absolute atomic E-state index is 4.75. The van der Waals surface area contributed by atoms with Crippen molar-refractivity contribution in [3.63, 3.8) is 0 Å². The summed E-state index contributed by atoms with van der Waals surface area (Å²) in [6.07, 6.45) is 10.1. The van der Waals surface area contributed by atoms with Crippen LogP contribution in [-0.2, 0) is 14.2 Å². The molecular formula is C38H44HfSi. The van der Waals surface area contributed by atoms with Crippen molar-refractivity contribution >= 4 is 19.1 Å². The first-order valence-corrected chi connectivity index (χ1v) is 41.7. The second kappa shape index (κ2) is 7.84. The molecule has 2 unspecified atom stereocenters. The fourth-order valence-corrected chi connectivity index (χ4v) is 36.9. The molecule has 0 saturated carbocycles. The molecule has 4 aromatic rings. The maximum atomic E-state index is 2.73. The van der Waals surface area contributed by atoms with E-state index in [0.717, 1.165) is 0 Å². The minimum absolute atomic E-state index is 0.410. The standard InChI is InChI=1S/2C17H15.4CH3.Hf.H2Si/c2*1-12-6-3-9-15(13(12)2)17-11-5-8-14-7-4-10-16(14)17;;;;;;/h2*3-11H,1-2H3;4*1H3;;1H2. The van der Waals surface area contributed by atoms with Gasteiger partial charge in [0.15, 0.2) is 0 Å². The van der Waals surface area contributed by atoms with E-state index in [-0.39, 0.29) is 0 Å². The van der Waals surface area contributed by atoms with Gasteiger partial charge in [0.1, 0.15) is 0 Å². The van der Waals surface area contributed by atoms with Gasteiger partial charge in [-0.25, -0.2) is 0 Å². The van der Waals surface area contributed by atoms with Crippen molar-refractivity contribution in [2.45, 2.75) is 53.8 Å². The van der Waals surface area contributed by atoms with E-state index in [9.17, 15) is 0 Å². The van der Waals surface area contributed by atoms with Gasteiger partial charge in [0.25, 0.3) is 0 Å². The number of benzene rings is 4. The van der Waals surface area contributed by atoms with E-state index in [1.807, 2.05) is 0 Å². The van der Waals surface area contributed by atoms with Gasteiger partial charge in [0.05, 0.1) is 0 Å². The van der Waals surface area contributed by atoms with Gasteiger partial charge < -0.3 is 0 Å². The van der Waals surface area contributed by atoms with Crippen molar-refractivity contribution in [3.05, 3.63) is 129 Å². The van der Waals surface area contributed by atoms with Crippen LogP contribution in [0.1, 0.15) is 51.9 Å². The molecule has 0 saturated heterocycles. The number of hydrogen-bond acceptors (Lipinski definition) is 0. The van der Waals surface area contributed by atoms with E-state index in [1.165, 1.54) is 66.8 Å². The second-order valence-electron chi connectivity index (χ2n) is 17.1. The summed E-state index contributed by atoms with van der Waals surface area (Å²) in [7, 11) is 0. The van der Waals surface area contributed by atoms with Crippen molar-refractivity contribution in [3.8, 4) is 22.3 Å². The average Bonchev–Trinajstić information content (AvgIpc) is 3.53. The Kier molecular flexibility index (Phi) is 5.41. The third-order valence-electron chi connectivity index (χ3n) is 10.9. The molecule has 2 aliphatic carbocycles. The van der Waals surface area contributed by atoms with Gasteiger partial charge in [-0.3, -0.25) is 0 Å². The molecule has 0 amide bonds. The van der Waals surface area contributed by atoms with Crippen LogP contribution >= 0.6 is 0 Å². The monoisotopic (exact) mass is 708 g/mol. The molecule has 0 spiro atoms. The number of allylic oxidation sites excluding steroid dienone is 2. The van der Waals surface area contributed by atoms with Gasteiger partial charge in [-0.05, 0) is 0 Å². The first kappa shape index (κ1) is 27.6. The summed E-state index contributed by atoms with van der Waals surface area (Å²) < 4.78 is 11.7. The van der Waals surface area contributed by atoms with Crippen LogP contribution in [0.15, 0.2) is 84.9 Å². The Morgan fingerprint density at radius 1 is 0.500 bits per heavy atom. The first-order valence-electron chi connectivity index (χ1n) is 14.9. The van der Waals surface area contributed by atoms with Crippen molar-refractivity contribution < 1.29 is 14.2 Å². The van der Waals surface area contributed by atoms with E-state index >= 15 is 0 Å². The summed E-state index contributed by atoms with van der Waals surface area (Å²) in [5.74, 6) is 0. The second-order valence-corrected chi connectivity index (χ2v) is 104. The summed E-state index contributed by atoms with van der Waals surface area (Å²) in [6.45, 7) is 11.4. The minimum atomic E-state index is -4.75. The van der Waals surface area contributed by atoms with Crippen LogP contribution in [0.25, 0.3) is 34.4 Å². The molecule has 40 heavy (non-hydrogen) atoms. The Hall–Kier alpha value is -2.55. The van der Waals surface area contributed by atoms with Crippen LogP contribution in [0.5, 0.6) is 0 Å². The molecule has 0 bridgehead atoms. The molecule has 0 fully saturated rings. The quantitative estimate of drug-likeness (QED) is 0.185. The van der Waals surface area contributed by atoms with E-state index in [4.69, 9.17) is 0 Å². The normalized spacial score (nSPS) is 20.4. The molecule has 0 N–H and O–H groups in total. The predicted octanol–water partition coefficient (Wildman–Crippen LogP) is 10.6. The Morgan fingerprint density at radius 2 is 0.850 bits per heavy atom. The van der Waals surface area contributed by atoms with E-state index in [2.05, 4.69) is 150 Å². The SMILES string of the molecule is Cc1cccc(-c2cccc3c2C=C[CH]3[Hf]([CH3])([CH3])([CH3])([CH3])(=[SiH2])[CH]2C=Cc3c(-c4cccc(C)c4C)cccc32)c1C. The fourth-order valence-electron chi connectivity index (χ4n) is 8.08. The van der Waals surface area contributed by atoms with Crippen LogP contribution in [0, 0.1) is 27.7 Å². The van der Waals surface area contributed by atoms with Crippen molar-refractivity contribution in [2.75, 3.05) is 0 Å². The van der Waals surface area contributed by atoms with Crippen LogP contribution in [0.3, 0.4) is 0 Å². The third-order valence-corrected chi connectivity index (χ3v) is 45.4. The van der Waals surface area contributed by atoms with Gasteiger partial charge in [-0.1, -0.05) is 0 Å². The predicted molar refractivity (Wildman–Crippen MR) is 178 cm³/mol. The Labute approximate surface area is 237 Å². The molecule has 6 rings (SSSR count). The Balaban J connectivity index is 1.54. The molecular weight excluding hydrogens is 663 g/mol. The van der Waals surface area contributed by atoms with Gasteiger partial charge in [-0.15, -0.1) is 0 Å². The van der Waals surface area contributed by atoms with Crippen LogP contribution < -0.4 is 0 Å². The van der Waals surface area contributed by atoms with Crippen molar-refractivity contribution in [1.29, 1.82) is 0 Å². The topological polar surface area (TPSA) is 0 Å². The summed E-state index contributed by atoms with van der Waals surface area (Å²) in [5, 5.41) is 0. The van der Waals surface area contributed by atoms with Crippen LogP contribution in [0.4, 0.5) is 0 Å². The number of fused-ring (bicyclic) bond motifs is 2. The van der Waals surface area contributed by atoms with Gasteiger partial charge in [0.2, 0.25) is 0 Å². The van der Waals surface area contributed by atoms with Crippen molar-refractivity contribution in [1.82, 2.24) is 0 Å². The number of aryl methyl sites for hydroxylation is 2. The van der Waals surface area contributed by atoms with E-state index in [0.29, 0.717) is 7.35 Å². The van der Waals surface area contributed by atoms with Gasteiger partial charge in [-0.2, -0.15) is 0 Å². The van der Waals surface area contributed by atoms with Gasteiger partial charge >= 0.3 is 239 Å². The molecule has 4 aromatic carbocycles. The molecule has 0 nitrogen and oxygen atoms in total. The van der Waals surface area contributed by atoms with Crippen molar-refractivity contribution in [2.24, 2.45) is 0 Å². The molecule has 0 aromatic heterocycles. The summed E-state index contributed by atoms with van der Waals surface area (Å²) in [6, 6.07) is 27.5. The molecule has 0 heterocycles. The molecule has 0 aliphatic heterocycles. The molecule has 2 heteroatoms.